The molecule has 1 fully saturated rings. The number of methoxy groups -OCH3 is 1. The van der Waals surface area contributed by atoms with Gasteiger partial charge < -0.3 is 18.4 Å². The molecule has 0 spiro atoms. The minimum atomic E-state index is -2.17. The van der Waals surface area contributed by atoms with Gasteiger partial charge in [-0.1, -0.05) is 55.6 Å². The van der Waals surface area contributed by atoms with E-state index in [0.29, 0.717) is 11.3 Å². The van der Waals surface area contributed by atoms with Crippen LogP contribution in [0.1, 0.15) is 67.1 Å². The Hall–Kier alpha value is -0.663. The van der Waals surface area contributed by atoms with Crippen molar-refractivity contribution in [2.24, 2.45) is 0 Å². The van der Waals surface area contributed by atoms with Crippen molar-refractivity contribution in [3.8, 4) is 11.5 Å². The molecule has 1 aromatic rings. The molecular weight excluding hydrogens is 513 g/mol. The molecule has 0 bridgehead atoms. The first-order valence-electron chi connectivity index (χ1n) is 11.9. The van der Waals surface area contributed by atoms with Crippen molar-refractivity contribution in [1.29, 1.82) is 0 Å². The summed E-state index contributed by atoms with van der Waals surface area (Å²) in [6.45, 7) is 17.6. The molecule has 0 aromatic heterocycles. The number of quaternary nitrogens is 1. The number of likely N-dealkylation sites (tertiary alicyclic amines) is 1. The third-order valence-electron chi connectivity index (χ3n) is 7.38. The zero-order valence-corrected chi connectivity index (χ0v) is 25.4. The van der Waals surface area contributed by atoms with Gasteiger partial charge >= 0.3 is 5.97 Å². The Kier molecular flexibility index (Phi) is 9.35. The summed E-state index contributed by atoms with van der Waals surface area (Å²) in [4.78, 5) is 13.2. The molecule has 1 heterocycles. The second kappa shape index (κ2) is 10.8. The molecule has 2 rings (SSSR count). The standard InChI is InChI=1S/C25H41Cl3NO4Si/c1-17-19(15-29(6)13-11-10-12-14-29)21(33-34(8,9)24(3,4)5)18(2)22(31-7)20(17)23(30)32-16-25(26,27)28/h10-16H2,1-9H3/q+1. The predicted molar refractivity (Wildman–Crippen MR) is 144 cm³/mol. The van der Waals surface area contributed by atoms with Crippen LogP contribution in [0.15, 0.2) is 0 Å². The lowest BCUT2D eigenvalue weighted by molar-refractivity contribution is -0.926. The van der Waals surface area contributed by atoms with E-state index in [1.807, 2.05) is 13.8 Å². The van der Waals surface area contributed by atoms with Crippen molar-refractivity contribution in [2.75, 3.05) is 33.9 Å². The van der Waals surface area contributed by atoms with Crippen LogP contribution in [-0.2, 0) is 11.3 Å². The van der Waals surface area contributed by atoms with Gasteiger partial charge in [0, 0.05) is 5.56 Å². The molecule has 5 nitrogen and oxygen atoms in total. The number of alkyl halides is 3. The van der Waals surface area contributed by atoms with Gasteiger partial charge in [-0.25, -0.2) is 4.79 Å². The molecule has 0 aliphatic carbocycles. The van der Waals surface area contributed by atoms with E-state index in [1.54, 1.807) is 7.11 Å². The van der Waals surface area contributed by atoms with E-state index in [9.17, 15) is 4.79 Å². The van der Waals surface area contributed by atoms with Crippen molar-refractivity contribution in [1.82, 2.24) is 0 Å². The molecule has 1 aromatic carbocycles. The number of ether oxygens (including phenoxy) is 2. The van der Waals surface area contributed by atoms with Crippen LogP contribution in [-0.4, -0.2) is 56.4 Å². The monoisotopic (exact) mass is 552 g/mol. The molecule has 0 N–H and O–H groups in total. The van der Waals surface area contributed by atoms with Crippen LogP contribution in [0.5, 0.6) is 11.5 Å². The van der Waals surface area contributed by atoms with E-state index < -0.39 is 18.1 Å². The minimum Gasteiger partial charge on any atom is -0.543 e. The molecule has 1 aliphatic heterocycles. The molecule has 194 valence electrons. The third kappa shape index (κ3) is 6.97. The number of piperidine rings is 1. The summed E-state index contributed by atoms with van der Waals surface area (Å²) in [5.74, 6) is 0.722. The number of rotatable bonds is 7. The molecule has 34 heavy (non-hydrogen) atoms. The van der Waals surface area contributed by atoms with Crippen LogP contribution >= 0.6 is 34.8 Å². The molecule has 0 radical (unpaired) electrons. The van der Waals surface area contributed by atoms with Gasteiger partial charge in [-0.3, -0.25) is 0 Å². The average Bonchev–Trinajstić information content (AvgIpc) is 2.70. The highest BCUT2D eigenvalue weighted by atomic mass is 35.6. The molecule has 1 aliphatic rings. The lowest BCUT2D eigenvalue weighted by Crippen LogP contribution is -2.48. The summed E-state index contributed by atoms with van der Waals surface area (Å²) in [5.41, 5.74) is 3.01. The Morgan fingerprint density at radius 2 is 1.56 bits per heavy atom. The maximum atomic E-state index is 13.2. The summed E-state index contributed by atoms with van der Waals surface area (Å²) < 4.78 is 17.3. The topological polar surface area (TPSA) is 44.8 Å². The minimum absolute atomic E-state index is 0.0173. The maximum absolute atomic E-state index is 13.2. The largest absolute Gasteiger partial charge is 0.543 e. The van der Waals surface area contributed by atoms with Crippen LogP contribution in [0.3, 0.4) is 0 Å². The summed E-state index contributed by atoms with van der Waals surface area (Å²) in [7, 11) is 1.67. The quantitative estimate of drug-likeness (QED) is 0.153. The van der Waals surface area contributed by atoms with Crippen molar-refractivity contribution < 1.29 is 23.2 Å². The molecule has 0 amide bonds. The normalized spacial score (nSPS) is 16.8. The van der Waals surface area contributed by atoms with Crippen LogP contribution in [0, 0.1) is 13.8 Å². The Labute approximate surface area is 221 Å². The van der Waals surface area contributed by atoms with E-state index in [4.69, 9.17) is 48.7 Å². The van der Waals surface area contributed by atoms with Gasteiger partial charge in [0.1, 0.15) is 30.2 Å². The van der Waals surface area contributed by atoms with E-state index in [2.05, 4.69) is 40.9 Å². The number of benzene rings is 1. The van der Waals surface area contributed by atoms with Crippen molar-refractivity contribution >= 4 is 49.1 Å². The maximum Gasteiger partial charge on any atom is 0.342 e. The number of esters is 1. The van der Waals surface area contributed by atoms with E-state index in [0.717, 1.165) is 46.6 Å². The summed E-state index contributed by atoms with van der Waals surface area (Å²) in [6.07, 6.45) is 3.65. The summed E-state index contributed by atoms with van der Waals surface area (Å²) >= 11 is 17.5. The Balaban J connectivity index is 2.70. The lowest BCUT2D eigenvalue weighted by Gasteiger charge is -2.41. The molecule has 0 unspecified atom stereocenters. The molecular formula is C25H41Cl3NO4Si+. The number of carbonyl (C=O) groups is 1. The first-order valence-corrected chi connectivity index (χ1v) is 15.9. The number of halogens is 3. The lowest BCUT2D eigenvalue weighted by atomic mass is 9.94. The van der Waals surface area contributed by atoms with E-state index >= 15 is 0 Å². The Bertz CT molecular complexity index is 901. The highest BCUT2D eigenvalue weighted by Crippen LogP contribution is 2.45. The number of hydrogen-bond acceptors (Lipinski definition) is 4. The van der Waals surface area contributed by atoms with Gasteiger partial charge in [0.25, 0.3) is 8.32 Å². The second-order valence-corrected chi connectivity index (χ2v) is 18.5. The summed E-state index contributed by atoms with van der Waals surface area (Å²) in [6, 6.07) is 0. The first kappa shape index (κ1) is 29.6. The highest BCUT2D eigenvalue weighted by Gasteiger charge is 2.42. The SMILES string of the molecule is COc1c(C)c(O[Si](C)(C)C(C)(C)C)c(C[N+]2(C)CCCCC2)c(C)c1C(=O)OCC(Cl)(Cl)Cl. The first-order chi connectivity index (χ1) is 15.4. The Morgan fingerprint density at radius 1 is 1.00 bits per heavy atom. The van der Waals surface area contributed by atoms with E-state index in [1.165, 1.54) is 19.3 Å². The fraction of sp³-hybridized carbons (Fsp3) is 0.720. The smallest absolute Gasteiger partial charge is 0.342 e. The van der Waals surface area contributed by atoms with Gasteiger partial charge in [0.15, 0.2) is 0 Å². The van der Waals surface area contributed by atoms with Gasteiger partial charge in [-0.05, 0) is 56.8 Å². The predicted octanol–water partition coefficient (Wildman–Crippen LogP) is 7.35. The highest BCUT2D eigenvalue weighted by molar-refractivity contribution is 6.74. The van der Waals surface area contributed by atoms with Crippen molar-refractivity contribution in [3.63, 3.8) is 0 Å². The van der Waals surface area contributed by atoms with Crippen molar-refractivity contribution in [3.05, 3.63) is 22.3 Å². The fourth-order valence-corrected chi connectivity index (χ4v) is 5.54. The second-order valence-electron chi connectivity index (χ2n) is 11.3. The Morgan fingerprint density at radius 3 is 2.03 bits per heavy atom. The number of hydrogen-bond donors (Lipinski definition) is 0. The van der Waals surface area contributed by atoms with Gasteiger partial charge in [0.05, 0.1) is 32.8 Å². The molecule has 9 heteroatoms. The van der Waals surface area contributed by atoms with Gasteiger partial charge in [-0.15, -0.1) is 0 Å². The molecule has 1 saturated heterocycles. The zero-order chi connectivity index (χ0) is 26.1. The molecule has 0 saturated carbocycles. The third-order valence-corrected chi connectivity index (χ3v) is 12.0. The average molecular weight is 554 g/mol. The number of carbonyl (C=O) groups excluding carboxylic acids is 1. The van der Waals surface area contributed by atoms with E-state index in [-0.39, 0.29) is 11.6 Å². The van der Waals surface area contributed by atoms with Crippen LogP contribution < -0.4 is 9.16 Å². The summed E-state index contributed by atoms with van der Waals surface area (Å²) in [5, 5.41) is 0.0173. The zero-order valence-electron chi connectivity index (χ0n) is 22.2. The van der Waals surface area contributed by atoms with Crippen LogP contribution in [0.25, 0.3) is 0 Å². The number of nitrogens with zero attached hydrogens (tertiary/aromatic N) is 1. The fourth-order valence-electron chi connectivity index (χ4n) is 4.28. The van der Waals surface area contributed by atoms with Gasteiger partial charge in [-0.2, -0.15) is 0 Å². The van der Waals surface area contributed by atoms with Crippen molar-refractivity contribution in [2.45, 2.75) is 82.4 Å². The van der Waals surface area contributed by atoms with Gasteiger partial charge in [0.2, 0.25) is 3.79 Å². The van der Waals surface area contributed by atoms with Crippen LogP contribution in [0.4, 0.5) is 0 Å². The van der Waals surface area contributed by atoms with Crippen LogP contribution in [0.2, 0.25) is 18.1 Å². The molecule has 0 atom stereocenters.